The van der Waals surface area contributed by atoms with Gasteiger partial charge in [-0.05, 0) is 18.2 Å². The molecule has 0 atom stereocenters. The monoisotopic (exact) mass is 209 g/mol. The summed E-state index contributed by atoms with van der Waals surface area (Å²) in [5.41, 5.74) is 7.22. The Morgan fingerprint density at radius 2 is 2.07 bits per heavy atom. The molecule has 1 aromatic carbocycles. The number of imidazole rings is 1. The lowest BCUT2D eigenvalue weighted by atomic mass is 10.1. The highest BCUT2D eigenvalue weighted by Crippen LogP contribution is 2.21. The number of benzene rings is 1. The molecule has 0 unspecified atom stereocenters. The average molecular weight is 209 g/mol. The van der Waals surface area contributed by atoms with Gasteiger partial charge in [-0.2, -0.15) is 0 Å². The van der Waals surface area contributed by atoms with E-state index in [2.05, 4.69) is 9.97 Å². The molecule has 2 rings (SSSR count). The quantitative estimate of drug-likeness (QED) is 0.792. The van der Waals surface area contributed by atoms with E-state index < -0.39 is 11.6 Å². The van der Waals surface area contributed by atoms with E-state index in [1.807, 2.05) is 0 Å². The van der Waals surface area contributed by atoms with Gasteiger partial charge in [0.1, 0.15) is 0 Å². The van der Waals surface area contributed by atoms with Gasteiger partial charge in [-0.15, -0.1) is 0 Å². The highest BCUT2D eigenvalue weighted by atomic mass is 19.2. The number of nitrogens with two attached hydrogens (primary N) is 1. The number of halogens is 2. The van der Waals surface area contributed by atoms with E-state index in [9.17, 15) is 8.78 Å². The van der Waals surface area contributed by atoms with Gasteiger partial charge in [-0.1, -0.05) is 0 Å². The van der Waals surface area contributed by atoms with Crippen LogP contribution in [0.25, 0.3) is 11.3 Å². The molecule has 5 heteroatoms. The minimum absolute atomic E-state index is 0.272. The zero-order valence-electron chi connectivity index (χ0n) is 7.80. The van der Waals surface area contributed by atoms with Crippen LogP contribution in [0.4, 0.5) is 8.78 Å². The van der Waals surface area contributed by atoms with Crippen LogP contribution in [-0.4, -0.2) is 9.97 Å². The Morgan fingerprint density at radius 1 is 1.27 bits per heavy atom. The van der Waals surface area contributed by atoms with E-state index in [-0.39, 0.29) is 6.54 Å². The minimum atomic E-state index is -0.890. The summed E-state index contributed by atoms with van der Waals surface area (Å²) in [6, 6.07) is 3.64. The lowest BCUT2D eigenvalue weighted by Crippen LogP contribution is -1.99. The fourth-order valence-electron chi connectivity index (χ4n) is 1.37. The summed E-state index contributed by atoms with van der Waals surface area (Å²) < 4.78 is 25.7. The molecule has 0 saturated carbocycles. The molecular formula is C10H9F2N3. The SMILES string of the molecule is NCc1[nH]cnc1-c1ccc(F)c(F)c1. The van der Waals surface area contributed by atoms with Gasteiger partial charge in [0.05, 0.1) is 17.7 Å². The van der Waals surface area contributed by atoms with Crippen molar-refractivity contribution in [1.82, 2.24) is 9.97 Å². The van der Waals surface area contributed by atoms with Crippen molar-refractivity contribution < 1.29 is 8.78 Å². The summed E-state index contributed by atoms with van der Waals surface area (Å²) in [4.78, 5) is 6.84. The Balaban J connectivity index is 2.50. The van der Waals surface area contributed by atoms with Crippen LogP contribution in [0.5, 0.6) is 0 Å². The van der Waals surface area contributed by atoms with E-state index >= 15 is 0 Å². The van der Waals surface area contributed by atoms with Crippen LogP contribution in [0.15, 0.2) is 24.5 Å². The zero-order chi connectivity index (χ0) is 10.8. The third-order valence-electron chi connectivity index (χ3n) is 2.12. The molecule has 3 N–H and O–H groups in total. The normalized spacial score (nSPS) is 10.6. The van der Waals surface area contributed by atoms with Gasteiger partial charge in [0, 0.05) is 12.1 Å². The molecule has 1 aromatic heterocycles. The van der Waals surface area contributed by atoms with Crippen LogP contribution in [0.3, 0.4) is 0 Å². The van der Waals surface area contributed by atoms with Gasteiger partial charge in [-0.3, -0.25) is 0 Å². The maximum atomic E-state index is 13.0. The Bertz CT molecular complexity index is 479. The second-order valence-electron chi connectivity index (χ2n) is 3.06. The lowest BCUT2D eigenvalue weighted by Gasteiger charge is -2.01. The first-order chi connectivity index (χ1) is 7.22. The van der Waals surface area contributed by atoms with Gasteiger partial charge in [0.2, 0.25) is 0 Å². The second kappa shape index (κ2) is 3.78. The first-order valence-electron chi connectivity index (χ1n) is 4.40. The number of aromatic nitrogens is 2. The van der Waals surface area contributed by atoms with Crippen molar-refractivity contribution in [2.75, 3.05) is 0 Å². The third-order valence-corrected chi connectivity index (χ3v) is 2.12. The van der Waals surface area contributed by atoms with Crippen molar-refractivity contribution in [1.29, 1.82) is 0 Å². The number of nitrogens with zero attached hydrogens (tertiary/aromatic N) is 1. The molecule has 0 amide bonds. The number of hydrogen-bond acceptors (Lipinski definition) is 2. The number of nitrogens with one attached hydrogen (secondary N) is 1. The first-order valence-corrected chi connectivity index (χ1v) is 4.40. The van der Waals surface area contributed by atoms with Crippen LogP contribution in [-0.2, 0) is 6.54 Å². The van der Waals surface area contributed by atoms with Crippen LogP contribution in [0.2, 0.25) is 0 Å². The van der Waals surface area contributed by atoms with Crippen molar-refractivity contribution in [3.05, 3.63) is 41.9 Å². The predicted octanol–water partition coefficient (Wildman–Crippen LogP) is 1.81. The molecule has 0 radical (unpaired) electrons. The molecule has 0 aliphatic carbocycles. The molecular weight excluding hydrogens is 200 g/mol. The van der Waals surface area contributed by atoms with Crippen molar-refractivity contribution in [3.63, 3.8) is 0 Å². The molecule has 0 aliphatic heterocycles. The number of hydrogen-bond donors (Lipinski definition) is 2. The molecule has 15 heavy (non-hydrogen) atoms. The van der Waals surface area contributed by atoms with Crippen molar-refractivity contribution >= 4 is 0 Å². The minimum Gasteiger partial charge on any atom is -0.347 e. The maximum Gasteiger partial charge on any atom is 0.159 e. The molecule has 1 heterocycles. The van der Waals surface area contributed by atoms with Crippen LogP contribution in [0, 0.1) is 11.6 Å². The van der Waals surface area contributed by atoms with Crippen molar-refractivity contribution in [2.24, 2.45) is 5.73 Å². The Labute approximate surface area is 85.0 Å². The predicted molar refractivity (Wildman–Crippen MR) is 51.8 cm³/mol. The largest absolute Gasteiger partial charge is 0.347 e. The van der Waals surface area contributed by atoms with Crippen LogP contribution >= 0.6 is 0 Å². The van der Waals surface area contributed by atoms with E-state index in [4.69, 9.17) is 5.73 Å². The Hall–Kier alpha value is -1.75. The summed E-state index contributed by atoms with van der Waals surface area (Å²) in [7, 11) is 0. The second-order valence-corrected chi connectivity index (χ2v) is 3.06. The van der Waals surface area contributed by atoms with Gasteiger partial charge in [-0.25, -0.2) is 13.8 Å². The third kappa shape index (κ3) is 1.73. The molecule has 0 bridgehead atoms. The topological polar surface area (TPSA) is 54.7 Å². The molecule has 0 fully saturated rings. The maximum absolute atomic E-state index is 13.0. The van der Waals surface area contributed by atoms with Crippen molar-refractivity contribution in [3.8, 4) is 11.3 Å². The zero-order valence-corrected chi connectivity index (χ0v) is 7.80. The fourth-order valence-corrected chi connectivity index (χ4v) is 1.37. The molecule has 2 aromatic rings. The van der Waals surface area contributed by atoms with Gasteiger partial charge < -0.3 is 10.7 Å². The summed E-state index contributed by atoms with van der Waals surface area (Å²) in [6.45, 7) is 0.272. The highest BCUT2D eigenvalue weighted by molar-refractivity contribution is 5.61. The van der Waals surface area contributed by atoms with E-state index in [0.717, 1.165) is 12.1 Å². The van der Waals surface area contributed by atoms with Gasteiger partial charge in [0.25, 0.3) is 0 Å². The molecule has 78 valence electrons. The smallest absolute Gasteiger partial charge is 0.159 e. The lowest BCUT2D eigenvalue weighted by molar-refractivity contribution is 0.509. The number of rotatable bonds is 2. The highest BCUT2D eigenvalue weighted by Gasteiger charge is 2.09. The van der Waals surface area contributed by atoms with Crippen LogP contribution in [0.1, 0.15) is 5.69 Å². The first kappa shape index (κ1) is 9.79. The molecule has 0 aliphatic rings. The van der Waals surface area contributed by atoms with E-state index in [0.29, 0.717) is 17.0 Å². The Kier molecular flexibility index (Phi) is 2.47. The van der Waals surface area contributed by atoms with E-state index in [1.54, 1.807) is 0 Å². The summed E-state index contributed by atoms with van der Waals surface area (Å²) in [5, 5.41) is 0. The molecule has 0 spiro atoms. The number of aromatic amines is 1. The standard InChI is InChI=1S/C10H9F2N3/c11-7-2-1-6(3-8(7)12)10-9(4-13)14-5-15-10/h1-3,5H,4,13H2,(H,14,15). The average Bonchev–Trinajstić information content (AvgIpc) is 2.70. The van der Waals surface area contributed by atoms with E-state index in [1.165, 1.54) is 12.4 Å². The van der Waals surface area contributed by atoms with Crippen molar-refractivity contribution in [2.45, 2.75) is 6.54 Å². The summed E-state index contributed by atoms with van der Waals surface area (Å²) in [5.74, 6) is -1.76. The molecule has 0 saturated heterocycles. The summed E-state index contributed by atoms with van der Waals surface area (Å²) >= 11 is 0. The van der Waals surface area contributed by atoms with Crippen LogP contribution < -0.4 is 5.73 Å². The molecule has 3 nitrogen and oxygen atoms in total. The van der Waals surface area contributed by atoms with Gasteiger partial charge in [0.15, 0.2) is 11.6 Å². The number of H-pyrrole nitrogens is 1. The summed E-state index contributed by atoms with van der Waals surface area (Å²) in [6.07, 6.45) is 1.47. The van der Waals surface area contributed by atoms with Gasteiger partial charge >= 0.3 is 0 Å². The Morgan fingerprint density at radius 3 is 2.73 bits per heavy atom. The fraction of sp³-hybridized carbons (Fsp3) is 0.100.